The molecule has 4 rings (SSSR count). The highest BCUT2D eigenvalue weighted by atomic mass is 16.5. The molecule has 0 aromatic heterocycles. The molecule has 0 unspecified atom stereocenters. The second-order valence-electron chi connectivity index (χ2n) is 12.6. The molecule has 0 radical (unpaired) electrons. The molecule has 0 amide bonds. The molecule has 0 bridgehead atoms. The predicted molar refractivity (Wildman–Crippen MR) is 151 cm³/mol. The van der Waals surface area contributed by atoms with Gasteiger partial charge in [-0.05, 0) is 51.8 Å². The summed E-state index contributed by atoms with van der Waals surface area (Å²) in [6.07, 6.45) is 0.797. The van der Waals surface area contributed by atoms with E-state index in [1.807, 2.05) is 18.2 Å². The van der Waals surface area contributed by atoms with Crippen molar-refractivity contribution < 1.29 is 23.8 Å². The minimum atomic E-state index is -0.483. The Morgan fingerprint density at radius 2 is 1.42 bits per heavy atom. The molecule has 0 saturated carbocycles. The lowest BCUT2D eigenvalue weighted by atomic mass is 9.70. The summed E-state index contributed by atoms with van der Waals surface area (Å²) in [5, 5.41) is 0. The van der Waals surface area contributed by atoms with Gasteiger partial charge in [0.25, 0.3) is 0 Å². The van der Waals surface area contributed by atoms with Crippen molar-refractivity contribution in [2.45, 2.75) is 71.6 Å². The van der Waals surface area contributed by atoms with Gasteiger partial charge in [0.1, 0.15) is 22.8 Å². The minimum absolute atomic E-state index is 0.134. The van der Waals surface area contributed by atoms with Crippen LogP contribution < -0.4 is 9.47 Å². The first-order valence-corrected chi connectivity index (χ1v) is 12.9. The van der Waals surface area contributed by atoms with Crippen molar-refractivity contribution in [1.82, 2.24) is 0 Å². The van der Waals surface area contributed by atoms with Crippen molar-refractivity contribution in [1.29, 1.82) is 0 Å². The van der Waals surface area contributed by atoms with E-state index in [0.29, 0.717) is 28.4 Å². The molecule has 38 heavy (non-hydrogen) atoms. The quantitative estimate of drug-likeness (QED) is 0.261. The first-order valence-electron chi connectivity index (χ1n) is 12.9. The van der Waals surface area contributed by atoms with Gasteiger partial charge in [-0.15, -0.1) is 0 Å². The zero-order valence-corrected chi connectivity index (χ0v) is 24.2. The second-order valence-corrected chi connectivity index (χ2v) is 12.6. The molecule has 3 aromatic carbocycles. The number of ether oxygens (including phenoxy) is 3. The number of carbonyl (C=O) groups excluding carboxylic acids is 2. The average Bonchev–Trinajstić information content (AvgIpc) is 2.85. The van der Waals surface area contributed by atoms with Crippen LogP contribution in [-0.2, 0) is 21.0 Å². The fraction of sp³-hybridized carbons (Fsp3) is 0.394. The Hall–Kier alpha value is -3.60. The fourth-order valence-electron chi connectivity index (χ4n) is 4.99. The van der Waals surface area contributed by atoms with Crippen LogP contribution in [0.3, 0.4) is 0 Å². The Labute approximate surface area is 226 Å². The van der Waals surface area contributed by atoms with Crippen molar-refractivity contribution in [2.24, 2.45) is 0 Å². The molecule has 3 aromatic rings. The van der Waals surface area contributed by atoms with Crippen LogP contribution in [0.5, 0.6) is 17.2 Å². The third-order valence-electron chi connectivity index (χ3n) is 7.53. The van der Waals surface area contributed by atoms with Gasteiger partial charge in [0.05, 0.1) is 19.8 Å². The lowest BCUT2D eigenvalue weighted by Gasteiger charge is -2.39. The molecule has 0 saturated heterocycles. The molecule has 5 heteroatoms. The predicted octanol–water partition coefficient (Wildman–Crippen LogP) is 7.99. The van der Waals surface area contributed by atoms with Gasteiger partial charge in [0, 0.05) is 22.1 Å². The first-order chi connectivity index (χ1) is 17.6. The van der Waals surface area contributed by atoms with Crippen molar-refractivity contribution >= 4 is 12.3 Å². The Morgan fingerprint density at radius 3 is 1.95 bits per heavy atom. The number of carbonyl (C=O) groups is 2. The molecule has 1 heterocycles. The summed E-state index contributed by atoms with van der Waals surface area (Å²) in [7, 11) is 2.94. The lowest BCUT2D eigenvalue weighted by molar-refractivity contribution is 0.0597. The summed E-state index contributed by atoms with van der Waals surface area (Å²) < 4.78 is 17.3. The van der Waals surface area contributed by atoms with E-state index in [2.05, 4.69) is 73.6 Å². The highest BCUT2D eigenvalue weighted by molar-refractivity contribution is 5.95. The summed E-state index contributed by atoms with van der Waals surface area (Å²) >= 11 is 0. The number of hydrogen-bond acceptors (Lipinski definition) is 5. The van der Waals surface area contributed by atoms with E-state index >= 15 is 0 Å². The van der Waals surface area contributed by atoms with Gasteiger partial charge in [-0.2, -0.15) is 0 Å². The minimum Gasteiger partial charge on any atom is -0.496 e. The van der Waals surface area contributed by atoms with Gasteiger partial charge in [0.15, 0.2) is 6.29 Å². The molecule has 5 nitrogen and oxygen atoms in total. The third-order valence-corrected chi connectivity index (χ3v) is 7.53. The maximum atomic E-state index is 13.0. The van der Waals surface area contributed by atoms with Gasteiger partial charge < -0.3 is 14.2 Å². The van der Waals surface area contributed by atoms with Crippen LogP contribution in [0.1, 0.15) is 98.4 Å². The Bertz CT molecular complexity index is 1430. The fourth-order valence-corrected chi connectivity index (χ4v) is 4.99. The zero-order valence-electron chi connectivity index (χ0n) is 24.2. The molecule has 200 valence electrons. The van der Waals surface area contributed by atoms with Crippen LogP contribution in [-0.4, -0.2) is 26.5 Å². The summed E-state index contributed by atoms with van der Waals surface area (Å²) in [5.74, 6) is 1.26. The number of methoxy groups -OCH3 is 2. The van der Waals surface area contributed by atoms with Crippen molar-refractivity contribution in [3.05, 3.63) is 75.8 Å². The monoisotopic (exact) mass is 514 g/mol. The molecular formula is C33H38O5. The number of benzene rings is 3. The number of aldehydes is 1. The largest absolute Gasteiger partial charge is 0.496 e. The standard InChI is InChI=1S/C33H38O5/c1-31(2,3)21-14-23(19-11-12-27(36-9)20(13-19)18-34)28-25(16-21)33(7,8)26-17-22(32(4,5)6)15-24(29(26)38-28)30(35)37-10/h11-18H,1-10H3. The maximum Gasteiger partial charge on any atom is 0.341 e. The molecule has 0 N–H and O–H groups in total. The number of esters is 1. The number of rotatable bonds is 4. The average molecular weight is 515 g/mol. The molecule has 0 aliphatic carbocycles. The van der Waals surface area contributed by atoms with E-state index in [1.54, 1.807) is 13.2 Å². The van der Waals surface area contributed by atoms with Crippen LogP contribution in [0.4, 0.5) is 0 Å². The molecule has 1 aliphatic rings. The smallest absolute Gasteiger partial charge is 0.341 e. The Balaban J connectivity index is 2.09. The van der Waals surface area contributed by atoms with Crippen LogP contribution in [0.2, 0.25) is 0 Å². The summed E-state index contributed by atoms with van der Waals surface area (Å²) in [4.78, 5) is 24.9. The van der Waals surface area contributed by atoms with Crippen LogP contribution in [0.15, 0.2) is 42.5 Å². The summed E-state index contributed by atoms with van der Waals surface area (Å²) in [6.45, 7) is 17.3. The molecule has 0 spiro atoms. The maximum absolute atomic E-state index is 13.0. The summed E-state index contributed by atoms with van der Waals surface area (Å²) in [5.41, 5.74) is 5.91. The van der Waals surface area contributed by atoms with E-state index in [4.69, 9.17) is 14.2 Å². The first kappa shape index (κ1) is 27.4. The molecule has 0 fully saturated rings. The van der Waals surface area contributed by atoms with Gasteiger partial charge in [-0.25, -0.2) is 4.79 Å². The highest BCUT2D eigenvalue weighted by Gasteiger charge is 2.40. The van der Waals surface area contributed by atoms with E-state index in [9.17, 15) is 9.59 Å². The van der Waals surface area contributed by atoms with E-state index in [-0.39, 0.29) is 10.8 Å². The molecular weight excluding hydrogens is 476 g/mol. The SMILES string of the molecule is COC(=O)c1cc(C(C)(C)C)cc2c1Oc1c(-c3ccc(OC)c(C=O)c3)cc(C(C)(C)C)cc1C2(C)C. The van der Waals surface area contributed by atoms with Gasteiger partial charge in [-0.1, -0.05) is 73.6 Å². The Kier molecular flexibility index (Phi) is 6.71. The molecule has 0 atom stereocenters. The Morgan fingerprint density at radius 1 is 0.842 bits per heavy atom. The lowest BCUT2D eigenvalue weighted by Crippen LogP contribution is -2.28. The third kappa shape index (κ3) is 4.59. The normalized spacial score (nSPS) is 14.2. The van der Waals surface area contributed by atoms with Crippen molar-refractivity contribution in [3.63, 3.8) is 0 Å². The molecule has 1 aliphatic heterocycles. The van der Waals surface area contributed by atoms with E-state index in [0.717, 1.165) is 39.7 Å². The van der Waals surface area contributed by atoms with Gasteiger partial charge in [0.2, 0.25) is 0 Å². The van der Waals surface area contributed by atoms with E-state index < -0.39 is 11.4 Å². The van der Waals surface area contributed by atoms with Crippen LogP contribution in [0.25, 0.3) is 11.1 Å². The topological polar surface area (TPSA) is 61.8 Å². The summed E-state index contributed by atoms with van der Waals surface area (Å²) in [6, 6.07) is 13.9. The number of fused-ring (bicyclic) bond motifs is 2. The second kappa shape index (κ2) is 9.30. The van der Waals surface area contributed by atoms with Gasteiger partial charge in [-0.3, -0.25) is 4.79 Å². The van der Waals surface area contributed by atoms with E-state index in [1.165, 1.54) is 7.11 Å². The van der Waals surface area contributed by atoms with Crippen molar-refractivity contribution in [2.75, 3.05) is 14.2 Å². The number of hydrogen-bond donors (Lipinski definition) is 0. The van der Waals surface area contributed by atoms with Gasteiger partial charge >= 0.3 is 5.97 Å². The highest BCUT2D eigenvalue weighted by Crippen LogP contribution is 2.54. The van der Waals surface area contributed by atoms with Crippen molar-refractivity contribution in [3.8, 4) is 28.4 Å². The van der Waals surface area contributed by atoms with Crippen LogP contribution in [0, 0.1) is 0 Å². The zero-order chi connectivity index (χ0) is 28.2. The van der Waals surface area contributed by atoms with Crippen LogP contribution >= 0.6 is 0 Å².